The van der Waals surface area contributed by atoms with Gasteiger partial charge in [0.2, 0.25) is 0 Å². The summed E-state index contributed by atoms with van der Waals surface area (Å²) in [5, 5.41) is 0. The molecule has 3 nitrogen and oxygen atoms in total. The minimum absolute atomic E-state index is 0.746. The van der Waals surface area contributed by atoms with E-state index >= 15 is 0 Å². The quantitative estimate of drug-likeness (QED) is 0.663. The summed E-state index contributed by atoms with van der Waals surface area (Å²) in [4.78, 5) is 0. The van der Waals surface area contributed by atoms with Gasteiger partial charge >= 0.3 is 8.80 Å². The summed E-state index contributed by atoms with van der Waals surface area (Å²) in [5.74, 6) is 0.746. The maximum absolute atomic E-state index is 5.43. The first-order valence-electron chi connectivity index (χ1n) is 5.42. The molecular weight excluding hydrogens is 196 g/mol. The Hall–Kier alpha value is 0.0969. The molecule has 0 aliphatic heterocycles. The minimum atomic E-state index is -2.30. The van der Waals surface area contributed by atoms with E-state index in [1.807, 2.05) is 0 Å². The fourth-order valence-corrected chi connectivity index (χ4v) is 4.36. The lowest BCUT2D eigenvalue weighted by atomic mass is 9.91. The molecule has 1 aliphatic carbocycles. The maximum Gasteiger partial charge on any atom is 0.500 e. The third-order valence-electron chi connectivity index (χ3n) is 3.20. The second-order valence-electron chi connectivity index (χ2n) is 4.00. The lowest BCUT2D eigenvalue weighted by Crippen LogP contribution is -2.44. The molecule has 84 valence electrons. The van der Waals surface area contributed by atoms with Gasteiger partial charge in [0.15, 0.2) is 0 Å². The van der Waals surface area contributed by atoms with Crippen LogP contribution < -0.4 is 0 Å². The van der Waals surface area contributed by atoms with E-state index in [0.29, 0.717) is 0 Å². The average molecular weight is 218 g/mol. The predicted molar refractivity (Wildman–Crippen MR) is 58.2 cm³/mol. The van der Waals surface area contributed by atoms with Crippen molar-refractivity contribution in [3.8, 4) is 0 Å². The monoisotopic (exact) mass is 218 g/mol. The molecule has 0 unspecified atom stereocenters. The molecule has 0 aromatic rings. The van der Waals surface area contributed by atoms with Crippen LogP contribution in [0.2, 0.25) is 6.04 Å². The largest absolute Gasteiger partial charge is 0.500 e. The van der Waals surface area contributed by atoms with Crippen molar-refractivity contribution in [3.63, 3.8) is 0 Å². The van der Waals surface area contributed by atoms with Gasteiger partial charge in [0, 0.05) is 27.4 Å². The van der Waals surface area contributed by atoms with Crippen LogP contribution in [0.5, 0.6) is 0 Å². The molecule has 0 saturated heterocycles. The van der Waals surface area contributed by atoms with Crippen LogP contribution in [0.3, 0.4) is 0 Å². The van der Waals surface area contributed by atoms with Crippen LogP contribution in [0.1, 0.15) is 32.1 Å². The van der Waals surface area contributed by atoms with Crippen LogP contribution in [-0.4, -0.2) is 30.1 Å². The van der Waals surface area contributed by atoms with Gasteiger partial charge in [-0.25, -0.2) is 0 Å². The average Bonchev–Trinajstić information content (AvgIpc) is 2.28. The lowest BCUT2D eigenvalue weighted by molar-refractivity contribution is 0.115. The molecule has 4 heteroatoms. The van der Waals surface area contributed by atoms with E-state index in [2.05, 4.69) is 0 Å². The highest BCUT2D eigenvalue weighted by Gasteiger charge is 2.40. The molecule has 0 atom stereocenters. The fraction of sp³-hybridized carbons (Fsp3) is 1.00. The molecule has 0 amide bonds. The molecule has 1 rings (SSSR count). The Bertz CT molecular complexity index is 145. The number of rotatable bonds is 5. The van der Waals surface area contributed by atoms with E-state index in [0.717, 1.165) is 12.0 Å². The van der Waals surface area contributed by atoms with Gasteiger partial charge in [-0.3, -0.25) is 0 Å². The van der Waals surface area contributed by atoms with Crippen molar-refractivity contribution in [2.45, 2.75) is 38.1 Å². The van der Waals surface area contributed by atoms with Crippen molar-refractivity contribution in [3.05, 3.63) is 0 Å². The van der Waals surface area contributed by atoms with Gasteiger partial charge in [0.05, 0.1) is 0 Å². The van der Waals surface area contributed by atoms with Gasteiger partial charge in [-0.2, -0.15) is 0 Å². The van der Waals surface area contributed by atoms with Crippen molar-refractivity contribution < 1.29 is 13.3 Å². The van der Waals surface area contributed by atoms with Crippen LogP contribution >= 0.6 is 0 Å². The number of hydrogen-bond donors (Lipinski definition) is 0. The Kier molecular flexibility index (Phi) is 5.09. The summed E-state index contributed by atoms with van der Waals surface area (Å²) in [6, 6.07) is 0.983. The Morgan fingerprint density at radius 3 is 1.86 bits per heavy atom. The van der Waals surface area contributed by atoms with E-state index in [9.17, 15) is 0 Å². The Morgan fingerprint density at radius 1 is 0.929 bits per heavy atom. The van der Waals surface area contributed by atoms with Crippen LogP contribution in [-0.2, 0) is 13.3 Å². The Morgan fingerprint density at radius 2 is 1.43 bits per heavy atom. The fourth-order valence-electron chi connectivity index (χ4n) is 2.24. The zero-order valence-corrected chi connectivity index (χ0v) is 10.5. The van der Waals surface area contributed by atoms with Gasteiger partial charge < -0.3 is 13.3 Å². The van der Waals surface area contributed by atoms with E-state index in [1.54, 1.807) is 21.3 Å². The zero-order valence-electron chi connectivity index (χ0n) is 9.54. The molecule has 0 bridgehead atoms. The van der Waals surface area contributed by atoms with Crippen molar-refractivity contribution in [2.75, 3.05) is 21.3 Å². The third-order valence-corrected chi connectivity index (χ3v) is 6.14. The van der Waals surface area contributed by atoms with Crippen LogP contribution in [0.15, 0.2) is 0 Å². The van der Waals surface area contributed by atoms with Crippen molar-refractivity contribution in [1.29, 1.82) is 0 Å². The highest BCUT2D eigenvalue weighted by Crippen LogP contribution is 2.31. The van der Waals surface area contributed by atoms with Gasteiger partial charge in [-0.1, -0.05) is 32.1 Å². The van der Waals surface area contributed by atoms with Gasteiger partial charge in [-0.05, 0) is 5.92 Å². The zero-order chi connectivity index (χ0) is 10.4. The van der Waals surface area contributed by atoms with Gasteiger partial charge in [-0.15, -0.1) is 0 Å². The first-order chi connectivity index (χ1) is 6.76. The summed E-state index contributed by atoms with van der Waals surface area (Å²) >= 11 is 0. The van der Waals surface area contributed by atoms with Gasteiger partial charge in [0.1, 0.15) is 0 Å². The molecule has 1 aliphatic rings. The predicted octanol–water partition coefficient (Wildman–Crippen LogP) is 2.44. The normalized spacial score (nSPS) is 19.9. The Balaban J connectivity index is 2.44. The lowest BCUT2D eigenvalue weighted by Gasteiger charge is -2.30. The summed E-state index contributed by atoms with van der Waals surface area (Å²) in [6.45, 7) is 0. The standard InChI is InChI=1S/C10H22O3Si/c1-11-14(12-2,13-3)9-10-7-5-4-6-8-10/h10H,4-9H2,1-3H3. The van der Waals surface area contributed by atoms with Crippen molar-refractivity contribution in [2.24, 2.45) is 5.92 Å². The van der Waals surface area contributed by atoms with E-state index in [4.69, 9.17) is 13.3 Å². The SMILES string of the molecule is CO[Si](CC1CCCCC1)(OC)OC. The highest BCUT2D eigenvalue weighted by molar-refractivity contribution is 6.60. The highest BCUT2D eigenvalue weighted by atomic mass is 28.4. The van der Waals surface area contributed by atoms with Crippen molar-refractivity contribution in [1.82, 2.24) is 0 Å². The molecular formula is C10H22O3Si. The molecule has 0 spiro atoms. The summed E-state index contributed by atoms with van der Waals surface area (Å²) in [5.41, 5.74) is 0. The Labute approximate surface area is 88.1 Å². The second kappa shape index (κ2) is 5.85. The second-order valence-corrected chi connectivity index (χ2v) is 7.00. The molecule has 0 heterocycles. The third kappa shape index (κ3) is 3.05. The van der Waals surface area contributed by atoms with Gasteiger partial charge in [0.25, 0.3) is 0 Å². The van der Waals surface area contributed by atoms with Crippen LogP contribution in [0, 0.1) is 5.92 Å². The molecule has 0 radical (unpaired) electrons. The first kappa shape index (κ1) is 12.2. The number of hydrogen-bond acceptors (Lipinski definition) is 3. The molecule has 14 heavy (non-hydrogen) atoms. The van der Waals surface area contributed by atoms with Crippen LogP contribution in [0.25, 0.3) is 0 Å². The van der Waals surface area contributed by atoms with Crippen LogP contribution in [0.4, 0.5) is 0 Å². The summed E-state index contributed by atoms with van der Waals surface area (Å²) < 4.78 is 16.3. The molecule has 0 N–H and O–H groups in total. The first-order valence-corrected chi connectivity index (χ1v) is 7.35. The molecule has 0 aromatic heterocycles. The molecule has 1 fully saturated rings. The summed E-state index contributed by atoms with van der Waals surface area (Å²) in [7, 11) is 2.78. The van der Waals surface area contributed by atoms with E-state index < -0.39 is 8.80 Å². The summed E-state index contributed by atoms with van der Waals surface area (Å²) in [6.07, 6.45) is 6.71. The van der Waals surface area contributed by atoms with Crippen molar-refractivity contribution >= 4 is 8.80 Å². The molecule has 1 saturated carbocycles. The maximum atomic E-state index is 5.43. The minimum Gasteiger partial charge on any atom is -0.377 e. The van der Waals surface area contributed by atoms with E-state index in [1.165, 1.54) is 32.1 Å². The van der Waals surface area contributed by atoms with E-state index in [-0.39, 0.29) is 0 Å². The molecule has 0 aromatic carbocycles. The topological polar surface area (TPSA) is 27.7 Å². The smallest absolute Gasteiger partial charge is 0.377 e.